The zero-order valence-corrected chi connectivity index (χ0v) is 7.34. The summed E-state index contributed by atoms with van der Waals surface area (Å²) in [7, 11) is 0. The lowest BCUT2D eigenvalue weighted by Crippen LogP contribution is -2.14. The van der Waals surface area contributed by atoms with Crippen molar-refractivity contribution in [3.8, 4) is 5.75 Å². The standard InChI is InChI=1S/C9H11NO4/c10-7(4-11)5-1-2-6(9(13)14)8(12)3-5/h1-3,7,11-12H,4,10H2,(H,13,14)/t7-/m0/s1. The Balaban J connectivity index is 3.06. The number of carbonyl (C=O) groups is 1. The van der Waals surface area contributed by atoms with Crippen molar-refractivity contribution in [2.24, 2.45) is 5.73 Å². The summed E-state index contributed by atoms with van der Waals surface area (Å²) in [5.74, 6) is -1.55. The minimum atomic E-state index is -1.20. The van der Waals surface area contributed by atoms with Crippen LogP contribution in [-0.2, 0) is 0 Å². The van der Waals surface area contributed by atoms with Crippen LogP contribution in [0.4, 0.5) is 0 Å². The molecule has 1 aromatic carbocycles. The molecule has 0 radical (unpaired) electrons. The van der Waals surface area contributed by atoms with Gasteiger partial charge in [-0.05, 0) is 17.7 Å². The summed E-state index contributed by atoms with van der Waals surface area (Å²) in [5, 5.41) is 26.6. The maximum atomic E-state index is 10.5. The number of hydrogen-bond donors (Lipinski definition) is 4. The molecule has 0 amide bonds. The number of hydrogen-bond acceptors (Lipinski definition) is 4. The summed E-state index contributed by atoms with van der Waals surface area (Å²) in [5.41, 5.74) is 5.79. The molecule has 0 aliphatic rings. The summed E-state index contributed by atoms with van der Waals surface area (Å²) in [6.45, 7) is -0.258. The van der Waals surface area contributed by atoms with Gasteiger partial charge in [-0.1, -0.05) is 6.07 Å². The van der Waals surface area contributed by atoms with Gasteiger partial charge in [0.05, 0.1) is 12.6 Å². The molecule has 0 aliphatic heterocycles. The molecular formula is C9H11NO4. The van der Waals surface area contributed by atoms with Crippen molar-refractivity contribution in [3.63, 3.8) is 0 Å². The summed E-state index contributed by atoms with van der Waals surface area (Å²) in [6, 6.07) is 3.35. The van der Waals surface area contributed by atoms with Crippen LogP contribution < -0.4 is 5.73 Å². The Hall–Kier alpha value is -1.59. The summed E-state index contributed by atoms with van der Waals surface area (Å²) in [6.07, 6.45) is 0. The van der Waals surface area contributed by atoms with Crippen LogP contribution in [0.15, 0.2) is 18.2 Å². The fourth-order valence-corrected chi connectivity index (χ4v) is 1.07. The zero-order valence-electron chi connectivity index (χ0n) is 7.34. The first-order chi connectivity index (χ1) is 6.56. The van der Waals surface area contributed by atoms with Gasteiger partial charge in [-0.2, -0.15) is 0 Å². The highest BCUT2D eigenvalue weighted by molar-refractivity contribution is 5.90. The van der Waals surface area contributed by atoms with Gasteiger partial charge in [0, 0.05) is 0 Å². The van der Waals surface area contributed by atoms with Gasteiger partial charge in [0.2, 0.25) is 0 Å². The monoisotopic (exact) mass is 197 g/mol. The molecule has 1 atom stereocenters. The molecule has 0 saturated heterocycles. The van der Waals surface area contributed by atoms with Crippen LogP contribution in [0.25, 0.3) is 0 Å². The lowest BCUT2D eigenvalue weighted by atomic mass is 10.1. The van der Waals surface area contributed by atoms with Crippen LogP contribution in [-0.4, -0.2) is 27.9 Å². The predicted octanol–water partition coefficient (Wildman–Crippen LogP) is 0.0825. The Bertz CT molecular complexity index is 351. The minimum absolute atomic E-state index is 0.182. The van der Waals surface area contributed by atoms with Crippen molar-refractivity contribution in [1.29, 1.82) is 0 Å². The van der Waals surface area contributed by atoms with E-state index in [0.29, 0.717) is 5.56 Å². The van der Waals surface area contributed by atoms with Gasteiger partial charge >= 0.3 is 5.97 Å². The SMILES string of the molecule is N[C@@H](CO)c1ccc(C(=O)O)c(O)c1. The minimum Gasteiger partial charge on any atom is -0.507 e. The van der Waals surface area contributed by atoms with E-state index in [0.717, 1.165) is 0 Å². The normalized spacial score (nSPS) is 12.4. The summed E-state index contributed by atoms with van der Waals surface area (Å²) < 4.78 is 0. The molecule has 1 aromatic rings. The van der Waals surface area contributed by atoms with Gasteiger partial charge in [-0.25, -0.2) is 4.79 Å². The lowest BCUT2D eigenvalue weighted by molar-refractivity contribution is 0.0693. The van der Waals surface area contributed by atoms with Crippen LogP contribution in [0.1, 0.15) is 22.0 Å². The molecular weight excluding hydrogens is 186 g/mol. The smallest absolute Gasteiger partial charge is 0.339 e. The topological polar surface area (TPSA) is 104 Å². The van der Waals surface area contributed by atoms with Crippen molar-refractivity contribution in [2.45, 2.75) is 6.04 Å². The van der Waals surface area contributed by atoms with Crippen LogP contribution in [0.5, 0.6) is 5.75 Å². The molecule has 14 heavy (non-hydrogen) atoms. The van der Waals surface area contributed by atoms with Crippen molar-refractivity contribution in [3.05, 3.63) is 29.3 Å². The Morgan fingerprint density at radius 3 is 2.57 bits per heavy atom. The molecule has 5 N–H and O–H groups in total. The van der Waals surface area contributed by atoms with Crippen molar-refractivity contribution < 1.29 is 20.1 Å². The van der Waals surface area contributed by atoms with Gasteiger partial charge in [0.1, 0.15) is 11.3 Å². The molecule has 0 saturated carbocycles. The summed E-state index contributed by atoms with van der Waals surface area (Å²) in [4.78, 5) is 10.5. The van der Waals surface area contributed by atoms with Crippen molar-refractivity contribution in [1.82, 2.24) is 0 Å². The molecule has 0 aliphatic carbocycles. The van der Waals surface area contributed by atoms with E-state index in [1.807, 2.05) is 0 Å². The second-order valence-corrected chi connectivity index (χ2v) is 2.87. The van der Waals surface area contributed by atoms with E-state index >= 15 is 0 Å². The highest BCUT2D eigenvalue weighted by Crippen LogP contribution is 2.21. The molecule has 1 rings (SSSR count). The maximum absolute atomic E-state index is 10.5. The van der Waals surface area contributed by atoms with E-state index in [9.17, 15) is 9.90 Å². The van der Waals surface area contributed by atoms with Crippen LogP contribution in [0, 0.1) is 0 Å². The van der Waals surface area contributed by atoms with Crippen LogP contribution in [0.3, 0.4) is 0 Å². The quantitative estimate of drug-likeness (QED) is 0.549. The average molecular weight is 197 g/mol. The molecule has 0 bridgehead atoms. The number of phenols is 1. The molecule has 0 aromatic heterocycles. The number of aliphatic hydroxyl groups excluding tert-OH is 1. The number of aromatic hydroxyl groups is 1. The zero-order chi connectivity index (χ0) is 10.7. The van der Waals surface area contributed by atoms with E-state index in [4.69, 9.17) is 15.9 Å². The number of rotatable bonds is 3. The fraction of sp³-hybridized carbons (Fsp3) is 0.222. The molecule has 5 heteroatoms. The lowest BCUT2D eigenvalue weighted by Gasteiger charge is -2.09. The third-order valence-corrected chi connectivity index (χ3v) is 1.88. The molecule has 0 fully saturated rings. The van der Waals surface area contributed by atoms with Crippen LogP contribution >= 0.6 is 0 Å². The van der Waals surface area contributed by atoms with E-state index in [1.54, 1.807) is 0 Å². The second kappa shape index (κ2) is 4.08. The van der Waals surface area contributed by atoms with Gasteiger partial charge in [-0.3, -0.25) is 0 Å². The Kier molecular flexibility index (Phi) is 3.06. The molecule has 5 nitrogen and oxygen atoms in total. The molecule has 0 spiro atoms. The van der Waals surface area contributed by atoms with Gasteiger partial charge < -0.3 is 21.1 Å². The van der Waals surface area contributed by atoms with Gasteiger partial charge in [-0.15, -0.1) is 0 Å². The van der Waals surface area contributed by atoms with E-state index in [1.165, 1.54) is 18.2 Å². The highest BCUT2D eigenvalue weighted by atomic mass is 16.4. The largest absolute Gasteiger partial charge is 0.507 e. The number of aromatic carboxylic acids is 1. The number of carboxylic acid groups (broad SMARTS) is 1. The highest BCUT2D eigenvalue weighted by Gasteiger charge is 2.12. The van der Waals surface area contributed by atoms with Crippen molar-refractivity contribution >= 4 is 5.97 Å². The Morgan fingerprint density at radius 1 is 1.50 bits per heavy atom. The van der Waals surface area contributed by atoms with Crippen molar-refractivity contribution in [2.75, 3.05) is 6.61 Å². The first-order valence-corrected chi connectivity index (χ1v) is 3.99. The van der Waals surface area contributed by atoms with Gasteiger partial charge in [0.25, 0.3) is 0 Å². The first-order valence-electron chi connectivity index (χ1n) is 3.99. The molecule has 76 valence electrons. The number of nitrogens with two attached hydrogens (primary N) is 1. The average Bonchev–Trinajstić information content (AvgIpc) is 2.15. The Labute approximate surface area is 80.4 Å². The third kappa shape index (κ3) is 2.01. The Morgan fingerprint density at radius 2 is 2.14 bits per heavy atom. The summed E-state index contributed by atoms with van der Waals surface area (Å²) >= 11 is 0. The van der Waals surface area contributed by atoms with Crippen LogP contribution in [0.2, 0.25) is 0 Å². The van der Waals surface area contributed by atoms with Gasteiger partial charge in [0.15, 0.2) is 0 Å². The van der Waals surface area contributed by atoms with E-state index in [-0.39, 0.29) is 17.9 Å². The van der Waals surface area contributed by atoms with E-state index in [2.05, 4.69) is 0 Å². The van der Waals surface area contributed by atoms with E-state index < -0.39 is 12.0 Å². The maximum Gasteiger partial charge on any atom is 0.339 e. The first kappa shape index (κ1) is 10.5. The fourth-order valence-electron chi connectivity index (χ4n) is 1.07. The number of benzene rings is 1. The molecule has 0 unspecified atom stereocenters. The predicted molar refractivity (Wildman–Crippen MR) is 49.1 cm³/mol. The molecule has 0 heterocycles. The second-order valence-electron chi connectivity index (χ2n) is 2.87. The number of carboxylic acids is 1. The third-order valence-electron chi connectivity index (χ3n) is 1.88. The number of aliphatic hydroxyl groups is 1.